The van der Waals surface area contributed by atoms with Crippen LogP contribution in [0.1, 0.15) is 26.2 Å². The molecule has 3 nitrogen and oxygen atoms in total. The third kappa shape index (κ3) is 6.31. The predicted molar refractivity (Wildman–Crippen MR) is 43.7 cm³/mol. The molecule has 0 aliphatic carbocycles. The predicted octanol–water partition coefficient (Wildman–Crippen LogP) is 1.02. The average molecular weight is 179 g/mol. The van der Waals surface area contributed by atoms with Crippen molar-refractivity contribution in [2.45, 2.75) is 26.2 Å². The number of unbranched alkanes of at least 4 members (excludes halogenated alkanes) is 2. The molecule has 1 radical (unpaired) electrons. The maximum atomic E-state index is 10.9. The van der Waals surface area contributed by atoms with E-state index in [1.807, 2.05) is 6.92 Å². The molecule has 0 saturated heterocycles. The third-order valence-electron chi connectivity index (χ3n) is 1.45. The van der Waals surface area contributed by atoms with Crippen molar-refractivity contribution in [1.29, 1.82) is 0 Å². The molecule has 0 aliphatic rings. The van der Waals surface area contributed by atoms with E-state index in [2.05, 4.69) is 0 Å². The Kier molecular flexibility index (Phi) is 5.50. The Morgan fingerprint density at radius 2 is 1.73 bits per heavy atom. The molecule has 0 N–H and O–H groups in total. The first-order valence-corrected chi connectivity index (χ1v) is 5.73. The fraction of sp³-hybridized carbons (Fsp3) is 1.00. The van der Waals surface area contributed by atoms with E-state index >= 15 is 0 Å². The third-order valence-corrected chi connectivity index (χ3v) is 3.15. The first-order valence-electron chi connectivity index (χ1n) is 3.91. The minimum atomic E-state index is -3.02. The summed E-state index contributed by atoms with van der Waals surface area (Å²) in [7, 11) is -3.02. The van der Waals surface area contributed by atoms with Gasteiger partial charge in [0.1, 0.15) is 0 Å². The maximum Gasteiger partial charge on any atom is 0.152 e. The van der Waals surface area contributed by atoms with E-state index < -0.39 is 16.4 Å². The van der Waals surface area contributed by atoms with Gasteiger partial charge in [0.2, 0.25) is 0 Å². The summed E-state index contributed by atoms with van der Waals surface area (Å²) in [5.74, 6) is -0.0141. The van der Waals surface area contributed by atoms with Crippen molar-refractivity contribution in [1.82, 2.24) is 0 Å². The highest BCUT2D eigenvalue weighted by Crippen LogP contribution is 1.99. The van der Waals surface area contributed by atoms with Gasteiger partial charge in [-0.15, -0.1) is 0 Å². The van der Waals surface area contributed by atoms with Crippen LogP contribution in [0.2, 0.25) is 0 Å². The van der Waals surface area contributed by atoms with Gasteiger partial charge in [0.15, 0.2) is 9.84 Å². The van der Waals surface area contributed by atoms with Gasteiger partial charge in [-0.25, -0.2) is 13.5 Å². The number of rotatable bonds is 6. The fourth-order valence-electron chi connectivity index (χ4n) is 0.801. The summed E-state index contributed by atoms with van der Waals surface area (Å²) in [6.45, 7) is 1.51. The molecular weight excluding hydrogens is 164 g/mol. The van der Waals surface area contributed by atoms with Crippen molar-refractivity contribution in [2.24, 2.45) is 0 Å². The first kappa shape index (κ1) is 10.9. The van der Waals surface area contributed by atoms with Crippen LogP contribution >= 0.6 is 0 Å². The molecule has 0 amide bonds. The summed E-state index contributed by atoms with van der Waals surface area (Å²) in [5, 5.41) is 10.00. The molecule has 0 unspecified atom stereocenters. The van der Waals surface area contributed by atoms with Gasteiger partial charge in [-0.3, -0.25) is 0 Å². The van der Waals surface area contributed by atoms with Gasteiger partial charge in [-0.1, -0.05) is 19.8 Å². The van der Waals surface area contributed by atoms with E-state index in [1.165, 1.54) is 0 Å². The lowest BCUT2D eigenvalue weighted by atomic mass is 10.3. The number of hydrogen-bond donors (Lipinski definition) is 0. The molecule has 0 aromatic rings. The van der Waals surface area contributed by atoms with Crippen LogP contribution in [0.4, 0.5) is 0 Å². The van der Waals surface area contributed by atoms with Gasteiger partial charge >= 0.3 is 0 Å². The van der Waals surface area contributed by atoms with Crippen LogP contribution < -0.4 is 0 Å². The average Bonchev–Trinajstić information content (AvgIpc) is 1.87. The highest BCUT2D eigenvalue weighted by molar-refractivity contribution is 7.91. The lowest BCUT2D eigenvalue weighted by Crippen LogP contribution is -2.13. The van der Waals surface area contributed by atoms with Crippen molar-refractivity contribution in [3.8, 4) is 0 Å². The van der Waals surface area contributed by atoms with Gasteiger partial charge in [0.25, 0.3) is 0 Å². The molecule has 67 valence electrons. The van der Waals surface area contributed by atoms with Crippen molar-refractivity contribution in [2.75, 3.05) is 18.1 Å². The molecule has 0 aromatic heterocycles. The van der Waals surface area contributed by atoms with E-state index in [4.69, 9.17) is 0 Å². The van der Waals surface area contributed by atoms with Gasteiger partial charge in [0.05, 0.1) is 18.1 Å². The molecule has 0 aliphatic heterocycles. The Hall–Kier alpha value is -0.0900. The lowest BCUT2D eigenvalue weighted by Gasteiger charge is -1.99. The normalized spacial score (nSPS) is 11.8. The molecule has 11 heavy (non-hydrogen) atoms. The highest BCUT2D eigenvalue weighted by Gasteiger charge is 2.08. The monoisotopic (exact) mass is 179 g/mol. The Labute approximate surface area is 68.3 Å². The second kappa shape index (κ2) is 5.55. The van der Waals surface area contributed by atoms with E-state index in [0.717, 1.165) is 12.8 Å². The zero-order chi connectivity index (χ0) is 8.74. The molecule has 0 aromatic carbocycles. The molecular formula is C7H15O3S. The Morgan fingerprint density at radius 3 is 2.18 bits per heavy atom. The fourth-order valence-corrected chi connectivity index (χ4v) is 1.90. The number of sulfone groups is 1. The van der Waals surface area contributed by atoms with Crippen molar-refractivity contribution in [3.63, 3.8) is 0 Å². The van der Waals surface area contributed by atoms with Crippen LogP contribution in [0.3, 0.4) is 0 Å². The van der Waals surface area contributed by atoms with Crippen LogP contribution in [0, 0.1) is 0 Å². The van der Waals surface area contributed by atoms with Crippen molar-refractivity contribution < 1.29 is 13.5 Å². The standard InChI is InChI=1S/C7H15O3S/c1-2-3-4-6-11(9,10)7-5-8/h2-7H2,1H3. The van der Waals surface area contributed by atoms with Crippen molar-refractivity contribution >= 4 is 9.84 Å². The Bertz CT molecular complexity index is 172. The van der Waals surface area contributed by atoms with E-state index in [1.54, 1.807) is 0 Å². The van der Waals surface area contributed by atoms with Crippen LogP contribution in [0.25, 0.3) is 0 Å². The van der Waals surface area contributed by atoms with Gasteiger partial charge in [0, 0.05) is 0 Å². The molecule has 0 spiro atoms. The van der Waals surface area contributed by atoms with Crippen molar-refractivity contribution in [3.05, 3.63) is 0 Å². The molecule has 0 fully saturated rings. The number of hydrogen-bond acceptors (Lipinski definition) is 2. The highest BCUT2D eigenvalue weighted by atomic mass is 32.2. The van der Waals surface area contributed by atoms with Crippen LogP contribution in [0.5, 0.6) is 0 Å². The second-order valence-corrected chi connectivity index (χ2v) is 4.87. The summed E-state index contributed by atoms with van der Waals surface area (Å²) >= 11 is 0. The molecule has 0 atom stereocenters. The zero-order valence-electron chi connectivity index (χ0n) is 6.88. The SMILES string of the molecule is CCCCCS(=O)(=O)CC[O]. The van der Waals surface area contributed by atoms with Gasteiger partial charge < -0.3 is 0 Å². The van der Waals surface area contributed by atoms with Gasteiger partial charge in [-0.05, 0) is 6.42 Å². The maximum absolute atomic E-state index is 10.9. The van der Waals surface area contributed by atoms with Crippen LogP contribution in [-0.4, -0.2) is 26.5 Å². The molecule has 4 heteroatoms. The summed E-state index contributed by atoms with van der Waals surface area (Å²) in [4.78, 5) is 0. The minimum Gasteiger partial charge on any atom is -0.236 e. The second-order valence-electron chi connectivity index (χ2n) is 2.56. The quantitative estimate of drug-likeness (QED) is 0.572. The topological polar surface area (TPSA) is 54.0 Å². The zero-order valence-corrected chi connectivity index (χ0v) is 7.69. The summed E-state index contributed by atoms with van der Waals surface area (Å²) in [5.41, 5.74) is 0. The minimum absolute atomic E-state index is 0.184. The summed E-state index contributed by atoms with van der Waals surface area (Å²) < 4.78 is 21.8. The summed E-state index contributed by atoms with van der Waals surface area (Å²) in [6, 6.07) is 0. The smallest absolute Gasteiger partial charge is 0.152 e. The molecule has 0 saturated carbocycles. The Morgan fingerprint density at radius 1 is 1.09 bits per heavy atom. The first-order chi connectivity index (χ1) is 5.12. The molecule has 0 heterocycles. The van der Waals surface area contributed by atoms with Crippen LogP contribution in [0.15, 0.2) is 0 Å². The van der Waals surface area contributed by atoms with Crippen LogP contribution in [-0.2, 0) is 14.9 Å². The van der Waals surface area contributed by atoms with Gasteiger partial charge in [-0.2, -0.15) is 0 Å². The van der Waals surface area contributed by atoms with E-state index in [0.29, 0.717) is 6.42 Å². The Balaban J connectivity index is 3.56. The largest absolute Gasteiger partial charge is 0.236 e. The molecule has 0 rings (SSSR count). The lowest BCUT2D eigenvalue weighted by molar-refractivity contribution is 0.213. The van der Waals surface area contributed by atoms with E-state index in [-0.39, 0.29) is 11.5 Å². The summed E-state index contributed by atoms with van der Waals surface area (Å²) in [6.07, 6.45) is 2.63. The van der Waals surface area contributed by atoms with E-state index in [9.17, 15) is 13.5 Å². The molecule has 0 bridgehead atoms.